The zero-order chi connectivity index (χ0) is 24.4. The molecule has 3 aromatic carbocycles. The van der Waals surface area contributed by atoms with Gasteiger partial charge in [-0.05, 0) is 85.0 Å². The minimum Gasteiger partial charge on any atom is -0.355 e. The lowest BCUT2D eigenvalue weighted by Crippen LogP contribution is -2.30. The van der Waals surface area contributed by atoms with Gasteiger partial charge < -0.3 is 15.6 Å². The Morgan fingerprint density at radius 3 is 2.29 bits per heavy atom. The maximum Gasteiger partial charge on any atom is 0.255 e. The van der Waals surface area contributed by atoms with E-state index < -0.39 is 0 Å². The second-order valence-corrected chi connectivity index (χ2v) is 9.82. The molecule has 5 rings (SSSR count). The Hall–Kier alpha value is -3.57. The van der Waals surface area contributed by atoms with E-state index in [4.69, 9.17) is 11.6 Å². The fourth-order valence-electron chi connectivity index (χ4n) is 4.84. The van der Waals surface area contributed by atoms with Crippen molar-refractivity contribution in [3.05, 3.63) is 83.4 Å². The molecule has 1 aliphatic rings. The quantitative estimate of drug-likeness (QED) is 0.273. The van der Waals surface area contributed by atoms with E-state index in [1.54, 1.807) is 30.3 Å². The number of aromatic amines is 1. The van der Waals surface area contributed by atoms with Crippen molar-refractivity contribution in [3.8, 4) is 11.3 Å². The maximum absolute atomic E-state index is 12.7. The molecule has 1 aromatic heterocycles. The molecule has 2 unspecified atom stereocenters. The van der Waals surface area contributed by atoms with E-state index in [0.717, 1.165) is 47.1 Å². The molecule has 0 radical (unpaired) electrons. The predicted molar refractivity (Wildman–Crippen MR) is 143 cm³/mol. The lowest BCUT2D eigenvalue weighted by atomic mass is 9.80. The topological polar surface area (TPSA) is 74.0 Å². The first-order chi connectivity index (χ1) is 17.0. The number of hydrogen-bond donors (Lipinski definition) is 3. The Morgan fingerprint density at radius 2 is 1.54 bits per heavy atom. The molecule has 0 saturated heterocycles. The third-order valence-corrected chi connectivity index (χ3v) is 7.15. The lowest BCUT2D eigenvalue weighted by Gasteiger charge is -2.27. The van der Waals surface area contributed by atoms with Gasteiger partial charge in [0.15, 0.2) is 0 Å². The largest absolute Gasteiger partial charge is 0.355 e. The first-order valence-corrected chi connectivity index (χ1v) is 12.4. The molecule has 4 aromatic rings. The molecular weight excluding hydrogens is 458 g/mol. The zero-order valence-corrected chi connectivity index (χ0v) is 20.4. The lowest BCUT2D eigenvalue weighted by molar-refractivity contribution is -0.122. The summed E-state index contributed by atoms with van der Waals surface area (Å²) in [6.07, 6.45) is 4.45. The number of amides is 2. The highest BCUT2D eigenvalue weighted by atomic mass is 35.5. The molecule has 5 nitrogen and oxygen atoms in total. The van der Waals surface area contributed by atoms with Crippen molar-refractivity contribution < 1.29 is 9.59 Å². The van der Waals surface area contributed by atoms with Gasteiger partial charge in [-0.25, -0.2) is 0 Å². The Balaban J connectivity index is 1.28. The Morgan fingerprint density at radius 1 is 0.857 bits per heavy atom. The van der Waals surface area contributed by atoms with Crippen LogP contribution in [0.3, 0.4) is 0 Å². The predicted octanol–water partition coefficient (Wildman–Crippen LogP) is 7.51. The van der Waals surface area contributed by atoms with Crippen LogP contribution < -0.4 is 10.6 Å². The summed E-state index contributed by atoms with van der Waals surface area (Å²) in [6.45, 7) is 2.18. The number of carbonyl (C=O) groups is 2. The molecule has 2 atom stereocenters. The van der Waals surface area contributed by atoms with Gasteiger partial charge >= 0.3 is 0 Å². The third-order valence-electron chi connectivity index (χ3n) is 6.90. The molecule has 0 bridgehead atoms. The second kappa shape index (κ2) is 9.96. The van der Waals surface area contributed by atoms with Gasteiger partial charge in [0.1, 0.15) is 0 Å². The molecule has 1 fully saturated rings. The van der Waals surface area contributed by atoms with E-state index in [1.165, 1.54) is 6.42 Å². The van der Waals surface area contributed by atoms with Gasteiger partial charge in [-0.1, -0.05) is 43.5 Å². The van der Waals surface area contributed by atoms with E-state index in [2.05, 4.69) is 22.5 Å². The van der Waals surface area contributed by atoms with Gasteiger partial charge in [0, 0.05) is 44.5 Å². The van der Waals surface area contributed by atoms with E-state index in [9.17, 15) is 9.59 Å². The standard InChI is InChI=1S/C29H28ClN3O2/c1-18-4-2-3-5-25(18)29(35)32-23-11-6-19(7-12-23)27-17-21-16-20(8-15-26(21)33-27)28(34)31-24-13-9-22(30)10-14-24/h6-18,25,33H,2-5H2,1H3,(H,31,34)(H,32,35). The second-order valence-electron chi connectivity index (χ2n) is 9.38. The van der Waals surface area contributed by atoms with Gasteiger partial charge in [-0.15, -0.1) is 0 Å². The van der Waals surface area contributed by atoms with Gasteiger partial charge in [0.2, 0.25) is 5.91 Å². The van der Waals surface area contributed by atoms with E-state index in [0.29, 0.717) is 22.2 Å². The van der Waals surface area contributed by atoms with E-state index in [1.807, 2.05) is 42.5 Å². The van der Waals surface area contributed by atoms with E-state index >= 15 is 0 Å². The van der Waals surface area contributed by atoms with Crippen LogP contribution in [0.5, 0.6) is 0 Å². The smallest absolute Gasteiger partial charge is 0.255 e. The minimum absolute atomic E-state index is 0.100. The van der Waals surface area contributed by atoms with Crippen molar-refractivity contribution in [1.82, 2.24) is 4.98 Å². The number of aromatic nitrogens is 1. The molecule has 35 heavy (non-hydrogen) atoms. The number of halogens is 1. The van der Waals surface area contributed by atoms with Crippen molar-refractivity contribution in [2.24, 2.45) is 11.8 Å². The first kappa shape index (κ1) is 23.2. The van der Waals surface area contributed by atoms with Crippen LogP contribution in [0.4, 0.5) is 11.4 Å². The van der Waals surface area contributed by atoms with Crippen LogP contribution in [0.15, 0.2) is 72.8 Å². The highest BCUT2D eigenvalue weighted by molar-refractivity contribution is 6.30. The highest BCUT2D eigenvalue weighted by Crippen LogP contribution is 2.31. The monoisotopic (exact) mass is 485 g/mol. The summed E-state index contributed by atoms with van der Waals surface area (Å²) in [6, 6.07) is 22.5. The fraction of sp³-hybridized carbons (Fsp3) is 0.241. The summed E-state index contributed by atoms with van der Waals surface area (Å²) in [5.74, 6) is 0.486. The number of hydrogen-bond acceptors (Lipinski definition) is 2. The number of carbonyl (C=O) groups excluding carboxylic acids is 2. The molecule has 1 aliphatic carbocycles. The number of anilines is 2. The van der Waals surface area contributed by atoms with Crippen molar-refractivity contribution in [3.63, 3.8) is 0 Å². The van der Waals surface area contributed by atoms with Gasteiger partial charge in [-0.3, -0.25) is 9.59 Å². The van der Waals surface area contributed by atoms with Crippen LogP contribution in [0.1, 0.15) is 43.0 Å². The Kier molecular flexibility index (Phi) is 6.60. The van der Waals surface area contributed by atoms with Crippen LogP contribution in [0, 0.1) is 11.8 Å². The van der Waals surface area contributed by atoms with Crippen molar-refractivity contribution >= 4 is 45.7 Å². The number of H-pyrrole nitrogens is 1. The molecule has 3 N–H and O–H groups in total. The molecular formula is C29H28ClN3O2. The molecule has 0 spiro atoms. The minimum atomic E-state index is -0.177. The normalized spacial score (nSPS) is 17.8. The number of nitrogens with one attached hydrogen (secondary N) is 3. The Labute approximate surface area is 209 Å². The number of fused-ring (bicyclic) bond motifs is 1. The molecule has 1 saturated carbocycles. The molecule has 6 heteroatoms. The summed E-state index contributed by atoms with van der Waals surface area (Å²) >= 11 is 5.92. The van der Waals surface area contributed by atoms with E-state index in [-0.39, 0.29) is 17.7 Å². The summed E-state index contributed by atoms with van der Waals surface area (Å²) in [5, 5.41) is 7.56. The van der Waals surface area contributed by atoms with Crippen molar-refractivity contribution in [2.45, 2.75) is 32.6 Å². The SMILES string of the molecule is CC1CCCCC1C(=O)Nc1ccc(-c2cc3cc(C(=O)Nc4ccc(Cl)cc4)ccc3[nH]2)cc1. The van der Waals surface area contributed by atoms with Crippen molar-refractivity contribution in [1.29, 1.82) is 0 Å². The number of rotatable bonds is 5. The average molecular weight is 486 g/mol. The number of benzene rings is 3. The van der Waals surface area contributed by atoms with Gasteiger partial charge in [0.25, 0.3) is 5.91 Å². The summed E-state index contributed by atoms with van der Waals surface area (Å²) in [7, 11) is 0. The molecule has 2 amide bonds. The zero-order valence-electron chi connectivity index (χ0n) is 19.6. The fourth-order valence-corrected chi connectivity index (χ4v) is 4.97. The van der Waals surface area contributed by atoms with Crippen LogP contribution in [0.2, 0.25) is 5.02 Å². The third kappa shape index (κ3) is 5.25. The summed E-state index contributed by atoms with van der Waals surface area (Å²) in [5.41, 5.74) is 5.00. The Bertz CT molecular complexity index is 1360. The van der Waals surface area contributed by atoms with Crippen LogP contribution in [-0.4, -0.2) is 16.8 Å². The first-order valence-electron chi connectivity index (χ1n) is 12.1. The molecule has 178 valence electrons. The van der Waals surface area contributed by atoms with Gasteiger partial charge in [-0.2, -0.15) is 0 Å². The summed E-state index contributed by atoms with van der Waals surface area (Å²) in [4.78, 5) is 28.8. The highest BCUT2D eigenvalue weighted by Gasteiger charge is 2.27. The molecule has 1 heterocycles. The maximum atomic E-state index is 12.7. The average Bonchev–Trinajstić information content (AvgIpc) is 3.29. The van der Waals surface area contributed by atoms with Crippen LogP contribution in [0.25, 0.3) is 22.2 Å². The van der Waals surface area contributed by atoms with Gasteiger partial charge in [0.05, 0.1) is 0 Å². The summed E-state index contributed by atoms with van der Waals surface area (Å²) < 4.78 is 0. The van der Waals surface area contributed by atoms with Crippen molar-refractivity contribution in [2.75, 3.05) is 10.6 Å². The molecule has 0 aliphatic heterocycles. The van der Waals surface area contributed by atoms with Crippen LogP contribution in [-0.2, 0) is 4.79 Å². The van der Waals surface area contributed by atoms with Crippen LogP contribution >= 0.6 is 11.6 Å².